The van der Waals surface area contributed by atoms with Crippen LogP contribution in [0.3, 0.4) is 0 Å². The van der Waals surface area contributed by atoms with Crippen LogP contribution in [0.25, 0.3) is 0 Å². The van der Waals surface area contributed by atoms with Crippen LogP contribution in [0.5, 0.6) is 0 Å². The number of hydrogen-bond acceptors (Lipinski definition) is 3. The Labute approximate surface area is 156 Å². The molecule has 0 amide bonds. The lowest BCUT2D eigenvalue weighted by atomic mass is 9.72. The highest BCUT2D eigenvalue weighted by molar-refractivity contribution is 6.30. The minimum absolute atomic E-state index is 0.352. The first-order valence-corrected chi connectivity index (χ1v) is 9.21. The van der Waals surface area contributed by atoms with Crippen LogP contribution in [0.2, 0.25) is 5.02 Å². The number of aromatic nitrogens is 2. The van der Waals surface area contributed by atoms with Crippen LogP contribution < -0.4 is 0 Å². The molecule has 0 radical (unpaired) electrons. The van der Waals surface area contributed by atoms with E-state index in [0.717, 1.165) is 28.7 Å². The van der Waals surface area contributed by atoms with Crippen LogP contribution in [-0.4, -0.2) is 19.8 Å². The molecule has 3 atom stereocenters. The second kappa shape index (κ2) is 5.43. The van der Waals surface area contributed by atoms with Gasteiger partial charge < -0.3 is 14.8 Å². The van der Waals surface area contributed by atoms with Crippen LogP contribution in [-0.2, 0) is 24.0 Å². The van der Waals surface area contributed by atoms with Gasteiger partial charge in [-0.3, -0.25) is 0 Å². The van der Waals surface area contributed by atoms with Gasteiger partial charge in [0.2, 0.25) is 0 Å². The van der Waals surface area contributed by atoms with Crippen LogP contribution in [0.1, 0.15) is 34.7 Å². The lowest BCUT2D eigenvalue weighted by Crippen LogP contribution is -2.51. The van der Waals surface area contributed by atoms with E-state index in [9.17, 15) is 10.2 Å². The van der Waals surface area contributed by atoms with Crippen LogP contribution in [0.15, 0.2) is 61.2 Å². The summed E-state index contributed by atoms with van der Waals surface area (Å²) in [5.41, 5.74) is 0.805. The molecule has 3 unspecified atom stereocenters. The maximum absolute atomic E-state index is 12.1. The zero-order valence-corrected chi connectivity index (χ0v) is 14.9. The summed E-state index contributed by atoms with van der Waals surface area (Å²) >= 11 is 6.20. The van der Waals surface area contributed by atoms with Gasteiger partial charge in [-0.25, -0.2) is 4.98 Å². The summed E-state index contributed by atoms with van der Waals surface area (Å²) in [6, 6.07) is 13.0. The van der Waals surface area contributed by atoms with Gasteiger partial charge in [0.05, 0.1) is 12.4 Å². The molecule has 3 aromatic rings. The summed E-state index contributed by atoms with van der Waals surface area (Å²) in [5, 5.41) is 24.6. The fraction of sp³-hybridized carbons (Fsp3) is 0.286. The quantitative estimate of drug-likeness (QED) is 0.731. The van der Waals surface area contributed by atoms with Gasteiger partial charge in [-0.2, -0.15) is 0 Å². The van der Waals surface area contributed by atoms with E-state index in [0.29, 0.717) is 17.9 Å². The lowest BCUT2D eigenvalue weighted by molar-refractivity contribution is -0.184. The second-order valence-corrected chi connectivity index (χ2v) is 7.75. The molecule has 0 spiro atoms. The lowest BCUT2D eigenvalue weighted by Gasteiger charge is -2.44. The van der Waals surface area contributed by atoms with Crippen molar-refractivity contribution in [2.45, 2.75) is 36.5 Å². The molecular formula is C21H19ClN2O2. The maximum atomic E-state index is 12.1. The third-order valence-corrected chi connectivity index (χ3v) is 6.34. The fourth-order valence-corrected chi connectivity index (χ4v) is 5.09. The minimum Gasteiger partial charge on any atom is -0.382 e. The van der Waals surface area contributed by atoms with E-state index in [1.165, 1.54) is 0 Å². The van der Waals surface area contributed by atoms with E-state index >= 15 is 0 Å². The molecule has 4 nitrogen and oxygen atoms in total. The average Bonchev–Trinajstić information content (AvgIpc) is 3.34. The molecule has 2 N–H and O–H groups in total. The third kappa shape index (κ3) is 1.95. The van der Waals surface area contributed by atoms with Gasteiger partial charge in [0, 0.05) is 17.4 Å². The van der Waals surface area contributed by atoms with E-state index in [1.54, 1.807) is 18.6 Å². The molecule has 5 heteroatoms. The first kappa shape index (κ1) is 16.1. The van der Waals surface area contributed by atoms with Crippen molar-refractivity contribution in [1.29, 1.82) is 0 Å². The summed E-state index contributed by atoms with van der Waals surface area (Å²) in [6.07, 6.45) is 7.06. The Hall–Kier alpha value is -2.14. The maximum Gasteiger partial charge on any atom is 0.144 e. The molecule has 2 aromatic carbocycles. The summed E-state index contributed by atoms with van der Waals surface area (Å²) in [7, 11) is 0. The van der Waals surface area contributed by atoms with Gasteiger partial charge in [-0.15, -0.1) is 0 Å². The zero-order chi connectivity index (χ0) is 17.9. The van der Waals surface area contributed by atoms with E-state index in [4.69, 9.17) is 11.6 Å². The standard InChI is InChI=1S/C21H19ClN2O2/c22-16-5-6-18-15(11-16)12-19(24-10-9-23-13-24)21(18,26)20(25)8-7-14-3-1-2-4-17(14)20/h1-6,9-11,13,19,25-26H,7-8,12H2. The molecule has 0 saturated heterocycles. The van der Waals surface area contributed by atoms with Crippen LogP contribution >= 0.6 is 11.6 Å². The fourth-order valence-electron chi connectivity index (χ4n) is 4.90. The van der Waals surface area contributed by atoms with Gasteiger partial charge in [-0.1, -0.05) is 41.9 Å². The molecule has 0 saturated carbocycles. The zero-order valence-electron chi connectivity index (χ0n) is 14.1. The van der Waals surface area contributed by atoms with E-state index in [1.807, 2.05) is 47.2 Å². The van der Waals surface area contributed by atoms with Crippen LogP contribution in [0.4, 0.5) is 0 Å². The molecule has 1 aromatic heterocycles. The monoisotopic (exact) mass is 366 g/mol. The first-order chi connectivity index (χ1) is 12.5. The van der Waals surface area contributed by atoms with Gasteiger partial charge in [0.1, 0.15) is 11.2 Å². The van der Waals surface area contributed by atoms with Crippen molar-refractivity contribution in [3.63, 3.8) is 0 Å². The van der Waals surface area contributed by atoms with Crippen molar-refractivity contribution in [3.8, 4) is 0 Å². The number of aliphatic hydroxyl groups is 2. The number of benzene rings is 2. The van der Waals surface area contributed by atoms with Crippen molar-refractivity contribution in [1.82, 2.24) is 9.55 Å². The largest absolute Gasteiger partial charge is 0.382 e. The van der Waals surface area contributed by atoms with Gasteiger partial charge in [0.15, 0.2) is 0 Å². The number of hydrogen-bond donors (Lipinski definition) is 2. The highest BCUT2D eigenvalue weighted by Crippen LogP contribution is 2.58. The smallest absolute Gasteiger partial charge is 0.144 e. The number of fused-ring (bicyclic) bond motifs is 2. The minimum atomic E-state index is -1.46. The SMILES string of the molecule is OC1(C2(O)c3ccc(Cl)cc3CC2n2ccnc2)CCc2ccccc21. The van der Waals surface area contributed by atoms with Crippen LogP contribution in [0, 0.1) is 0 Å². The molecule has 0 bridgehead atoms. The normalized spacial score (nSPS) is 29.6. The Morgan fingerprint density at radius 3 is 2.73 bits per heavy atom. The first-order valence-electron chi connectivity index (χ1n) is 8.83. The molecule has 132 valence electrons. The molecule has 2 aliphatic carbocycles. The number of nitrogens with zero attached hydrogens (tertiary/aromatic N) is 2. The highest BCUT2D eigenvalue weighted by Gasteiger charge is 2.62. The van der Waals surface area contributed by atoms with Crippen molar-refractivity contribution >= 4 is 11.6 Å². The van der Waals surface area contributed by atoms with E-state index in [2.05, 4.69) is 4.98 Å². The van der Waals surface area contributed by atoms with E-state index < -0.39 is 11.2 Å². The Bertz CT molecular complexity index is 987. The van der Waals surface area contributed by atoms with Crippen molar-refractivity contribution < 1.29 is 10.2 Å². The molecule has 26 heavy (non-hydrogen) atoms. The molecule has 1 heterocycles. The molecule has 0 fully saturated rings. The van der Waals surface area contributed by atoms with Gasteiger partial charge >= 0.3 is 0 Å². The average molecular weight is 367 g/mol. The van der Waals surface area contributed by atoms with Gasteiger partial charge in [-0.05, 0) is 53.6 Å². The Morgan fingerprint density at radius 2 is 1.92 bits per heavy atom. The number of imidazole rings is 1. The Kier molecular flexibility index (Phi) is 3.35. The Balaban J connectivity index is 1.76. The Morgan fingerprint density at radius 1 is 1.08 bits per heavy atom. The predicted molar refractivity (Wildman–Crippen MR) is 99.0 cm³/mol. The molecule has 5 rings (SSSR count). The summed E-state index contributed by atoms with van der Waals surface area (Å²) in [6.45, 7) is 0. The number of halogens is 1. The molecule has 0 aliphatic heterocycles. The van der Waals surface area contributed by atoms with Crippen molar-refractivity contribution in [2.24, 2.45) is 0 Å². The third-order valence-electron chi connectivity index (χ3n) is 6.11. The highest BCUT2D eigenvalue weighted by atomic mass is 35.5. The van der Waals surface area contributed by atoms with Crippen molar-refractivity contribution in [3.05, 3.63) is 88.5 Å². The summed E-state index contributed by atoms with van der Waals surface area (Å²) < 4.78 is 1.90. The van der Waals surface area contributed by atoms with E-state index in [-0.39, 0.29) is 6.04 Å². The van der Waals surface area contributed by atoms with Crippen molar-refractivity contribution in [2.75, 3.05) is 0 Å². The summed E-state index contributed by atoms with van der Waals surface area (Å²) in [4.78, 5) is 4.15. The topological polar surface area (TPSA) is 58.3 Å². The predicted octanol–water partition coefficient (Wildman–Crippen LogP) is 3.36. The summed E-state index contributed by atoms with van der Waals surface area (Å²) in [5.74, 6) is 0. The number of rotatable bonds is 2. The molecular weight excluding hydrogens is 348 g/mol. The second-order valence-electron chi connectivity index (χ2n) is 7.32. The van der Waals surface area contributed by atoms with Gasteiger partial charge in [0.25, 0.3) is 0 Å². The number of aryl methyl sites for hydroxylation is 1. The molecule has 2 aliphatic rings.